The molecular weight excluding hydrogens is 538 g/mol. The molecule has 2 atom stereocenters. The van der Waals surface area contributed by atoms with Crippen LogP contribution in [-0.2, 0) is 9.84 Å². The van der Waals surface area contributed by atoms with E-state index in [-0.39, 0.29) is 28.8 Å². The van der Waals surface area contributed by atoms with Crippen molar-refractivity contribution in [1.82, 2.24) is 25.0 Å². The Labute approximate surface area is 231 Å². The van der Waals surface area contributed by atoms with E-state index in [4.69, 9.17) is 4.98 Å². The summed E-state index contributed by atoms with van der Waals surface area (Å²) >= 11 is 1.47. The SMILES string of the molecule is CC(C)C[C@@H](CO)NC(=O)c1c(-c2ccsc2)nc2c(C(=O)N[C@H](C)c3ccc(S(C)(=O)=O)nc3)cccn12. The molecule has 0 saturated heterocycles. The minimum Gasteiger partial charge on any atom is -0.394 e. The number of rotatable bonds is 10. The number of carbonyl (C=O) groups is 2. The molecule has 0 spiro atoms. The fourth-order valence-electron chi connectivity index (χ4n) is 4.29. The Morgan fingerprint density at radius 1 is 1.10 bits per heavy atom. The van der Waals surface area contributed by atoms with Crippen LogP contribution in [0.25, 0.3) is 16.9 Å². The van der Waals surface area contributed by atoms with Gasteiger partial charge in [0, 0.05) is 29.6 Å². The van der Waals surface area contributed by atoms with E-state index in [2.05, 4.69) is 15.6 Å². The van der Waals surface area contributed by atoms with Gasteiger partial charge in [0.25, 0.3) is 11.8 Å². The summed E-state index contributed by atoms with van der Waals surface area (Å²) in [5, 5.41) is 19.4. The molecule has 0 radical (unpaired) electrons. The molecule has 0 aromatic carbocycles. The molecule has 4 aromatic rings. The number of carbonyl (C=O) groups excluding carboxylic acids is 2. The number of hydrogen-bond acceptors (Lipinski definition) is 8. The zero-order chi connectivity index (χ0) is 28.3. The summed E-state index contributed by atoms with van der Waals surface area (Å²) < 4.78 is 25.0. The number of nitrogens with one attached hydrogen (secondary N) is 2. The zero-order valence-corrected chi connectivity index (χ0v) is 23.7. The standard InChI is InChI=1S/C27H31N5O5S2/c1-16(2)12-20(14-33)30-27(35)24-23(19-9-11-38-15-19)31-25-21(6-5-10-32(24)25)26(34)29-17(3)18-7-8-22(28-13-18)39(4,36)37/h5-11,13,15-17,20,33H,12,14H2,1-4H3,(H,29,34)(H,30,35)/t17-,20+/m1/s1. The third-order valence-electron chi connectivity index (χ3n) is 6.20. The average Bonchev–Trinajstić information content (AvgIpc) is 3.55. The van der Waals surface area contributed by atoms with E-state index < -0.39 is 33.7 Å². The van der Waals surface area contributed by atoms with Crippen molar-refractivity contribution in [2.24, 2.45) is 5.92 Å². The third-order valence-corrected chi connectivity index (χ3v) is 7.89. The number of sulfone groups is 1. The first-order valence-electron chi connectivity index (χ1n) is 12.4. The minimum absolute atomic E-state index is 0.0458. The molecule has 0 unspecified atom stereocenters. The fraction of sp³-hybridized carbons (Fsp3) is 0.333. The van der Waals surface area contributed by atoms with Crippen LogP contribution >= 0.6 is 11.3 Å². The Hall–Kier alpha value is -3.61. The van der Waals surface area contributed by atoms with Crippen molar-refractivity contribution in [1.29, 1.82) is 0 Å². The number of nitrogens with zero attached hydrogens (tertiary/aromatic N) is 3. The topological polar surface area (TPSA) is 143 Å². The van der Waals surface area contributed by atoms with Gasteiger partial charge in [-0.2, -0.15) is 11.3 Å². The van der Waals surface area contributed by atoms with Crippen molar-refractivity contribution in [3.05, 3.63) is 70.3 Å². The molecule has 206 valence electrons. The third kappa shape index (κ3) is 6.35. The molecule has 0 fully saturated rings. The molecule has 12 heteroatoms. The van der Waals surface area contributed by atoms with E-state index in [0.29, 0.717) is 23.3 Å². The van der Waals surface area contributed by atoms with E-state index in [1.165, 1.54) is 23.6 Å². The van der Waals surface area contributed by atoms with Crippen molar-refractivity contribution in [2.75, 3.05) is 12.9 Å². The van der Waals surface area contributed by atoms with Gasteiger partial charge < -0.3 is 15.7 Å². The summed E-state index contributed by atoms with van der Waals surface area (Å²) in [6.45, 7) is 5.60. The number of imidazole rings is 1. The second-order valence-electron chi connectivity index (χ2n) is 9.82. The summed E-state index contributed by atoms with van der Waals surface area (Å²) in [7, 11) is -3.43. The van der Waals surface area contributed by atoms with Gasteiger partial charge >= 0.3 is 0 Å². The van der Waals surface area contributed by atoms with E-state index >= 15 is 0 Å². The summed E-state index contributed by atoms with van der Waals surface area (Å²) in [5.74, 6) is -0.537. The molecule has 4 heterocycles. The van der Waals surface area contributed by atoms with Gasteiger partial charge in [0.15, 0.2) is 20.5 Å². The second kappa shape index (κ2) is 11.6. The van der Waals surface area contributed by atoms with Crippen molar-refractivity contribution in [3.8, 4) is 11.3 Å². The molecule has 4 aromatic heterocycles. The Balaban J connectivity index is 1.69. The highest BCUT2D eigenvalue weighted by molar-refractivity contribution is 7.90. The normalized spacial score (nSPS) is 13.4. The minimum atomic E-state index is -3.43. The summed E-state index contributed by atoms with van der Waals surface area (Å²) in [5.41, 5.74) is 2.66. The van der Waals surface area contributed by atoms with Crippen LogP contribution in [0.3, 0.4) is 0 Å². The van der Waals surface area contributed by atoms with Gasteiger partial charge in [-0.15, -0.1) is 0 Å². The Bertz CT molecular complexity index is 1580. The number of aliphatic hydroxyl groups is 1. The molecule has 10 nitrogen and oxygen atoms in total. The molecule has 0 aliphatic carbocycles. The Kier molecular flexibility index (Phi) is 8.48. The number of thiophene rings is 1. The van der Waals surface area contributed by atoms with Crippen LogP contribution < -0.4 is 10.6 Å². The van der Waals surface area contributed by atoms with Crippen LogP contribution in [0.2, 0.25) is 0 Å². The zero-order valence-electron chi connectivity index (χ0n) is 22.1. The highest BCUT2D eigenvalue weighted by Crippen LogP contribution is 2.28. The highest BCUT2D eigenvalue weighted by Gasteiger charge is 2.26. The largest absolute Gasteiger partial charge is 0.394 e. The lowest BCUT2D eigenvalue weighted by atomic mass is 10.0. The highest BCUT2D eigenvalue weighted by atomic mass is 32.2. The second-order valence-corrected chi connectivity index (χ2v) is 12.6. The Morgan fingerprint density at radius 3 is 2.46 bits per heavy atom. The van der Waals surface area contributed by atoms with E-state index in [1.807, 2.05) is 30.7 Å². The van der Waals surface area contributed by atoms with Gasteiger partial charge in [0.2, 0.25) is 0 Å². The van der Waals surface area contributed by atoms with Crippen LogP contribution in [0.15, 0.2) is 58.5 Å². The molecule has 3 N–H and O–H groups in total. The van der Waals surface area contributed by atoms with Gasteiger partial charge in [0.1, 0.15) is 11.4 Å². The lowest BCUT2D eigenvalue weighted by molar-refractivity contribution is 0.0900. The van der Waals surface area contributed by atoms with Crippen LogP contribution in [0.4, 0.5) is 0 Å². The smallest absolute Gasteiger partial charge is 0.270 e. The number of aromatic nitrogens is 3. The van der Waals surface area contributed by atoms with Crippen LogP contribution in [0, 0.1) is 5.92 Å². The molecule has 4 rings (SSSR count). The van der Waals surface area contributed by atoms with Gasteiger partial charge in [-0.3, -0.25) is 14.0 Å². The maximum absolute atomic E-state index is 13.5. The van der Waals surface area contributed by atoms with Crippen LogP contribution in [0.5, 0.6) is 0 Å². The average molecular weight is 570 g/mol. The number of amides is 2. The monoisotopic (exact) mass is 569 g/mol. The fourth-order valence-corrected chi connectivity index (χ4v) is 5.49. The first-order chi connectivity index (χ1) is 18.5. The summed E-state index contributed by atoms with van der Waals surface area (Å²) in [6, 6.07) is 7.26. The van der Waals surface area contributed by atoms with Gasteiger partial charge in [-0.05, 0) is 54.5 Å². The molecule has 0 bridgehead atoms. The van der Waals surface area contributed by atoms with Crippen molar-refractivity contribution in [3.63, 3.8) is 0 Å². The first-order valence-corrected chi connectivity index (χ1v) is 15.2. The lowest BCUT2D eigenvalue weighted by Crippen LogP contribution is -2.39. The summed E-state index contributed by atoms with van der Waals surface area (Å²) in [6.07, 6.45) is 4.79. The molecule has 2 amide bonds. The van der Waals surface area contributed by atoms with E-state index in [1.54, 1.807) is 35.7 Å². The van der Waals surface area contributed by atoms with Crippen molar-refractivity contribution < 1.29 is 23.1 Å². The lowest BCUT2D eigenvalue weighted by Gasteiger charge is -2.18. The molecule has 0 saturated carbocycles. The molecule has 39 heavy (non-hydrogen) atoms. The van der Waals surface area contributed by atoms with Crippen molar-refractivity contribution in [2.45, 2.75) is 44.3 Å². The van der Waals surface area contributed by atoms with Gasteiger partial charge in [-0.25, -0.2) is 18.4 Å². The predicted octanol–water partition coefficient (Wildman–Crippen LogP) is 3.49. The first kappa shape index (κ1) is 28.4. The van der Waals surface area contributed by atoms with Crippen LogP contribution in [-0.4, -0.2) is 58.6 Å². The number of fused-ring (bicyclic) bond motifs is 1. The summed E-state index contributed by atoms with van der Waals surface area (Å²) in [4.78, 5) is 35.6. The number of pyridine rings is 2. The quantitative estimate of drug-likeness (QED) is 0.265. The van der Waals surface area contributed by atoms with Crippen LogP contribution in [0.1, 0.15) is 59.6 Å². The van der Waals surface area contributed by atoms with Gasteiger partial charge in [-0.1, -0.05) is 19.9 Å². The molecule has 0 aliphatic rings. The number of hydrogen-bond donors (Lipinski definition) is 3. The maximum Gasteiger partial charge on any atom is 0.270 e. The Morgan fingerprint density at radius 2 is 1.87 bits per heavy atom. The number of aliphatic hydroxyl groups excluding tert-OH is 1. The predicted molar refractivity (Wildman–Crippen MR) is 150 cm³/mol. The van der Waals surface area contributed by atoms with E-state index in [0.717, 1.165) is 11.8 Å². The van der Waals surface area contributed by atoms with Crippen molar-refractivity contribution >= 4 is 38.6 Å². The van der Waals surface area contributed by atoms with E-state index in [9.17, 15) is 23.1 Å². The maximum atomic E-state index is 13.5. The molecule has 0 aliphatic heterocycles. The van der Waals surface area contributed by atoms with Gasteiger partial charge in [0.05, 0.1) is 24.3 Å². The molecular formula is C27H31N5O5S2.